The number of nitrogens with one attached hydrogen (secondary N) is 1. The lowest BCUT2D eigenvalue weighted by Gasteiger charge is -2.30. The Balaban J connectivity index is 1.71. The number of benzene rings is 1. The summed E-state index contributed by atoms with van der Waals surface area (Å²) >= 11 is 3.43. The van der Waals surface area contributed by atoms with Gasteiger partial charge in [0.05, 0.1) is 12.2 Å². The largest absolute Gasteiger partial charge is 0.339 e. The van der Waals surface area contributed by atoms with E-state index in [1.807, 2.05) is 25.1 Å². The van der Waals surface area contributed by atoms with Crippen LogP contribution in [-0.4, -0.2) is 41.3 Å². The summed E-state index contributed by atoms with van der Waals surface area (Å²) in [6.45, 7) is 2.52. The van der Waals surface area contributed by atoms with Crippen molar-refractivity contribution >= 4 is 37.5 Å². The molecule has 1 aliphatic rings. The SMILES string of the molecule is Cc1cc(NC(=O)[C@@H]2CCCN(S(=O)(=O)c3cn(C)cn3)C2)ccc1Br. The first-order valence-electron chi connectivity index (χ1n) is 8.32. The van der Waals surface area contributed by atoms with Crippen LogP contribution in [0.5, 0.6) is 0 Å². The van der Waals surface area contributed by atoms with Crippen molar-refractivity contribution in [3.63, 3.8) is 0 Å². The third-order valence-electron chi connectivity index (χ3n) is 4.47. The normalized spacial score (nSPS) is 18.7. The average molecular weight is 441 g/mol. The zero-order valence-electron chi connectivity index (χ0n) is 14.6. The van der Waals surface area contributed by atoms with E-state index in [0.29, 0.717) is 25.1 Å². The van der Waals surface area contributed by atoms with E-state index >= 15 is 0 Å². The predicted octanol–water partition coefficient (Wildman–Crippen LogP) is 2.53. The minimum absolute atomic E-state index is 0.0181. The molecule has 0 aliphatic carbocycles. The topological polar surface area (TPSA) is 84.3 Å². The van der Waals surface area contributed by atoms with Gasteiger partial charge in [0.2, 0.25) is 5.91 Å². The van der Waals surface area contributed by atoms with Crippen molar-refractivity contribution < 1.29 is 13.2 Å². The number of hydrogen-bond acceptors (Lipinski definition) is 4. The Morgan fingerprint density at radius 2 is 2.15 bits per heavy atom. The lowest BCUT2D eigenvalue weighted by atomic mass is 9.98. The van der Waals surface area contributed by atoms with Gasteiger partial charge in [0.1, 0.15) is 0 Å². The van der Waals surface area contributed by atoms with Crippen LogP contribution in [0.2, 0.25) is 0 Å². The fraction of sp³-hybridized carbons (Fsp3) is 0.412. The summed E-state index contributed by atoms with van der Waals surface area (Å²) in [6, 6.07) is 5.58. The molecule has 1 aromatic heterocycles. The molecule has 1 atom stereocenters. The molecule has 0 bridgehead atoms. The van der Waals surface area contributed by atoms with Crippen LogP contribution in [0.4, 0.5) is 5.69 Å². The highest BCUT2D eigenvalue weighted by atomic mass is 79.9. The number of sulfonamides is 1. The minimum atomic E-state index is -3.68. The van der Waals surface area contributed by atoms with Gasteiger partial charge in [-0.2, -0.15) is 4.31 Å². The summed E-state index contributed by atoms with van der Waals surface area (Å²) in [5.74, 6) is -0.543. The number of nitrogens with zero attached hydrogens (tertiary/aromatic N) is 3. The van der Waals surface area contributed by atoms with Gasteiger partial charge in [-0.15, -0.1) is 0 Å². The van der Waals surface area contributed by atoms with Crippen LogP contribution in [0.25, 0.3) is 0 Å². The molecule has 1 N–H and O–H groups in total. The number of aryl methyl sites for hydroxylation is 2. The number of carbonyl (C=O) groups is 1. The molecule has 0 saturated carbocycles. The molecule has 1 amide bonds. The van der Waals surface area contributed by atoms with Crippen molar-refractivity contribution in [2.24, 2.45) is 13.0 Å². The lowest BCUT2D eigenvalue weighted by molar-refractivity contribution is -0.120. The van der Waals surface area contributed by atoms with Crippen LogP contribution >= 0.6 is 15.9 Å². The second-order valence-electron chi connectivity index (χ2n) is 6.53. The van der Waals surface area contributed by atoms with Crippen molar-refractivity contribution in [2.45, 2.75) is 24.8 Å². The second kappa shape index (κ2) is 7.50. The van der Waals surface area contributed by atoms with Gasteiger partial charge in [-0.3, -0.25) is 4.79 Å². The Morgan fingerprint density at radius 1 is 1.38 bits per heavy atom. The second-order valence-corrected chi connectivity index (χ2v) is 9.27. The van der Waals surface area contributed by atoms with Crippen molar-refractivity contribution in [3.05, 3.63) is 40.8 Å². The highest BCUT2D eigenvalue weighted by Gasteiger charge is 2.34. The number of imidazole rings is 1. The van der Waals surface area contributed by atoms with Crippen molar-refractivity contribution in [3.8, 4) is 0 Å². The van der Waals surface area contributed by atoms with Crippen molar-refractivity contribution in [1.82, 2.24) is 13.9 Å². The van der Waals surface area contributed by atoms with Crippen LogP contribution in [0.1, 0.15) is 18.4 Å². The number of anilines is 1. The molecule has 0 radical (unpaired) electrons. The Morgan fingerprint density at radius 3 is 2.81 bits per heavy atom. The Labute approximate surface area is 161 Å². The van der Waals surface area contributed by atoms with Crippen LogP contribution in [-0.2, 0) is 21.9 Å². The Kier molecular flexibility index (Phi) is 5.50. The molecule has 1 saturated heterocycles. The van der Waals surface area contributed by atoms with Gasteiger partial charge >= 0.3 is 0 Å². The average Bonchev–Trinajstić information content (AvgIpc) is 3.05. The summed E-state index contributed by atoms with van der Waals surface area (Å²) in [5.41, 5.74) is 1.73. The maximum absolute atomic E-state index is 12.7. The smallest absolute Gasteiger partial charge is 0.262 e. The zero-order chi connectivity index (χ0) is 18.9. The van der Waals surface area contributed by atoms with Gasteiger partial charge in [0.25, 0.3) is 10.0 Å². The molecular formula is C17H21BrN4O3S. The highest BCUT2D eigenvalue weighted by molar-refractivity contribution is 9.10. The first kappa shape index (κ1) is 19.1. The molecule has 26 heavy (non-hydrogen) atoms. The number of halogens is 1. The van der Waals surface area contributed by atoms with E-state index in [1.165, 1.54) is 16.8 Å². The maximum atomic E-state index is 12.7. The number of rotatable bonds is 4. The molecule has 2 aromatic rings. The van der Waals surface area contributed by atoms with E-state index < -0.39 is 10.0 Å². The number of aromatic nitrogens is 2. The zero-order valence-corrected chi connectivity index (χ0v) is 17.0. The van der Waals surface area contributed by atoms with E-state index in [4.69, 9.17) is 0 Å². The molecule has 0 unspecified atom stereocenters. The third-order valence-corrected chi connectivity index (χ3v) is 7.11. The van der Waals surface area contributed by atoms with Gasteiger partial charge in [0.15, 0.2) is 5.03 Å². The van der Waals surface area contributed by atoms with Gasteiger partial charge in [0, 0.05) is 36.5 Å². The summed E-state index contributed by atoms with van der Waals surface area (Å²) in [5, 5.41) is 2.91. The van der Waals surface area contributed by atoms with E-state index in [-0.39, 0.29) is 23.4 Å². The summed E-state index contributed by atoms with van der Waals surface area (Å²) in [6.07, 6.45) is 4.24. The van der Waals surface area contributed by atoms with Crippen molar-refractivity contribution in [1.29, 1.82) is 0 Å². The van der Waals surface area contributed by atoms with E-state index in [9.17, 15) is 13.2 Å². The van der Waals surface area contributed by atoms with Gasteiger partial charge in [-0.25, -0.2) is 13.4 Å². The number of amides is 1. The monoisotopic (exact) mass is 440 g/mol. The third kappa shape index (κ3) is 3.99. The first-order chi connectivity index (χ1) is 12.3. The van der Waals surface area contributed by atoms with Crippen molar-refractivity contribution in [2.75, 3.05) is 18.4 Å². The Bertz CT molecular complexity index is 926. The highest BCUT2D eigenvalue weighted by Crippen LogP contribution is 2.25. The minimum Gasteiger partial charge on any atom is -0.339 e. The van der Waals surface area contributed by atoms with Gasteiger partial charge in [-0.05, 0) is 43.5 Å². The fourth-order valence-corrected chi connectivity index (χ4v) is 4.73. The Hall–Kier alpha value is -1.71. The number of piperidine rings is 1. The van der Waals surface area contributed by atoms with E-state index in [1.54, 1.807) is 11.6 Å². The molecule has 0 spiro atoms. The molecule has 9 heteroatoms. The molecule has 3 rings (SSSR count). The number of carbonyl (C=O) groups excluding carboxylic acids is 1. The molecule has 1 aliphatic heterocycles. The van der Waals surface area contributed by atoms with Crippen LogP contribution < -0.4 is 5.32 Å². The van der Waals surface area contributed by atoms with Crippen LogP contribution in [0, 0.1) is 12.8 Å². The maximum Gasteiger partial charge on any atom is 0.262 e. The van der Waals surface area contributed by atoms with E-state index in [0.717, 1.165) is 10.0 Å². The number of hydrogen-bond donors (Lipinski definition) is 1. The fourth-order valence-electron chi connectivity index (χ4n) is 3.00. The molecule has 2 heterocycles. The van der Waals surface area contributed by atoms with Gasteiger partial charge in [-0.1, -0.05) is 15.9 Å². The van der Waals surface area contributed by atoms with Gasteiger partial charge < -0.3 is 9.88 Å². The summed E-state index contributed by atoms with van der Waals surface area (Å²) < 4.78 is 29.4. The summed E-state index contributed by atoms with van der Waals surface area (Å²) in [7, 11) is -1.96. The van der Waals surface area contributed by atoms with E-state index in [2.05, 4.69) is 26.2 Å². The van der Waals surface area contributed by atoms with Crippen LogP contribution in [0.3, 0.4) is 0 Å². The molecule has 1 fully saturated rings. The lowest BCUT2D eigenvalue weighted by Crippen LogP contribution is -2.43. The molecule has 140 valence electrons. The molecule has 1 aromatic carbocycles. The molecular weight excluding hydrogens is 420 g/mol. The standard InChI is InChI=1S/C17H21BrN4O3S/c1-12-8-14(5-6-15(12)18)20-17(23)13-4-3-7-22(9-13)26(24,25)16-10-21(2)11-19-16/h5-6,8,10-11,13H,3-4,7,9H2,1-2H3,(H,20,23)/t13-/m1/s1. The summed E-state index contributed by atoms with van der Waals surface area (Å²) in [4.78, 5) is 16.6. The first-order valence-corrected chi connectivity index (χ1v) is 10.6. The quantitative estimate of drug-likeness (QED) is 0.791. The molecule has 7 nitrogen and oxygen atoms in total. The van der Waals surface area contributed by atoms with Crippen LogP contribution in [0.15, 0.2) is 40.2 Å². The predicted molar refractivity (Wildman–Crippen MR) is 102 cm³/mol.